The predicted octanol–water partition coefficient (Wildman–Crippen LogP) is 5.55. The average Bonchev–Trinajstić information content (AvgIpc) is 2.72. The summed E-state index contributed by atoms with van der Waals surface area (Å²) in [7, 11) is 0. The summed E-state index contributed by atoms with van der Waals surface area (Å²) in [4.78, 5) is 40.8. The van der Waals surface area contributed by atoms with Gasteiger partial charge in [0.05, 0.1) is 0 Å². The standard InChI is InChI=1S/C28H56N4O6/c1-11-16-29-17-14-21-31(24(34)37-27(5,6)7)19-12-13-20-32(25(35)38-28(8,9)10)22-15-18-30-23(33)36-26(2,3)4/h29H,11-22H2,1-10H3,(H,30,33). The number of nitrogens with zero attached hydrogens (tertiary/aromatic N) is 2. The highest BCUT2D eigenvalue weighted by atomic mass is 16.6. The lowest BCUT2D eigenvalue weighted by Crippen LogP contribution is -2.40. The molecule has 0 rings (SSSR count). The fraction of sp³-hybridized carbons (Fsp3) is 0.893. The lowest BCUT2D eigenvalue weighted by atomic mass is 10.2. The summed E-state index contributed by atoms with van der Waals surface area (Å²) in [6, 6.07) is 0. The first-order valence-electron chi connectivity index (χ1n) is 14.1. The van der Waals surface area contributed by atoms with Crippen LogP contribution in [0.3, 0.4) is 0 Å². The van der Waals surface area contributed by atoms with Crippen molar-refractivity contribution in [1.82, 2.24) is 20.4 Å². The van der Waals surface area contributed by atoms with E-state index >= 15 is 0 Å². The van der Waals surface area contributed by atoms with E-state index in [0.29, 0.717) is 45.6 Å². The SMILES string of the molecule is CCCNCCCN(CCCCN(CCCNC(=O)OC(C)(C)C)C(=O)OC(C)(C)C)C(=O)OC(C)(C)C. The summed E-state index contributed by atoms with van der Waals surface area (Å²) in [5.41, 5.74) is -1.73. The molecule has 3 amide bonds. The lowest BCUT2D eigenvalue weighted by Gasteiger charge is -2.29. The molecule has 10 heteroatoms. The van der Waals surface area contributed by atoms with Crippen LogP contribution in [0.5, 0.6) is 0 Å². The van der Waals surface area contributed by atoms with Crippen molar-refractivity contribution in [2.24, 2.45) is 0 Å². The third-order valence-electron chi connectivity index (χ3n) is 4.89. The van der Waals surface area contributed by atoms with Crippen LogP contribution >= 0.6 is 0 Å². The Morgan fingerprint density at radius 3 is 1.37 bits per heavy atom. The second-order valence-corrected chi connectivity index (χ2v) is 12.5. The molecule has 0 aliphatic rings. The molecule has 38 heavy (non-hydrogen) atoms. The van der Waals surface area contributed by atoms with Crippen molar-refractivity contribution in [2.45, 2.75) is 118 Å². The summed E-state index contributed by atoms with van der Waals surface area (Å²) in [6.45, 7) is 22.9. The molecule has 0 aliphatic heterocycles. The number of nitrogens with one attached hydrogen (secondary N) is 2. The Kier molecular flexibility index (Phi) is 16.4. The Morgan fingerprint density at radius 1 is 0.579 bits per heavy atom. The number of ether oxygens (including phenoxy) is 3. The van der Waals surface area contributed by atoms with Crippen molar-refractivity contribution in [2.75, 3.05) is 45.8 Å². The smallest absolute Gasteiger partial charge is 0.410 e. The van der Waals surface area contributed by atoms with Crippen molar-refractivity contribution in [3.05, 3.63) is 0 Å². The van der Waals surface area contributed by atoms with Gasteiger partial charge in [0.2, 0.25) is 0 Å². The number of hydrogen-bond donors (Lipinski definition) is 2. The van der Waals surface area contributed by atoms with Crippen LogP contribution in [0.1, 0.15) is 101 Å². The molecule has 0 aromatic rings. The molecule has 0 heterocycles. The van der Waals surface area contributed by atoms with Gasteiger partial charge < -0.3 is 34.6 Å². The van der Waals surface area contributed by atoms with Crippen LogP contribution in [-0.2, 0) is 14.2 Å². The van der Waals surface area contributed by atoms with Crippen LogP contribution in [-0.4, -0.2) is 90.7 Å². The molecule has 0 aromatic carbocycles. The topological polar surface area (TPSA) is 109 Å². The predicted molar refractivity (Wildman–Crippen MR) is 151 cm³/mol. The second-order valence-electron chi connectivity index (χ2n) is 12.5. The van der Waals surface area contributed by atoms with Gasteiger partial charge in [-0.2, -0.15) is 0 Å². The molecule has 0 saturated carbocycles. The molecule has 0 saturated heterocycles. The Balaban J connectivity index is 4.90. The van der Waals surface area contributed by atoms with Crippen molar-refractivity contribution in [3.63, 3.8) is 0 Å². The molecule has 0 aliphatic carbocycles. The van der Waals surface area contributed by atoms with Gasteiger partial charge in [0.25, 0.3) is 0 Å². The zero-order valence-corrected chi connectivity index (χ0v) is 25.8. The third-order valence-corrected chi connectivity index (χ3v) is 4.89. The lowest BCUT2D eigenvalue weighted by molar-refractivity contribution is 0.0207. The number of amides is 3. The first kappa shape index (κ1) is 35.8. The molecular formula is C28H56N4O6. The molecule has 0 fully saturated rings. The average molecular weight is 545 g/mol. The van der Waals surface area contributed by atoms with Crippen molar-refractivity contribution < 1.29 is 28.6 Å². The van der Waals surface area contributed by atoms with Gasteiger partial charge in [-0.05, 0) is 108 Å². The zero-order chi connectivity index (χ0) is 29.4. The van der Waals surface area contributed by atoms with Crippen molar-refractivity contribution >= 4 is 18.3 Å². The largest absolute Gasteiger partial charge is 0.444 e. The molecule has 224 valence electrons. The molecule has 0 bridgehead atoms. The van der Waals surface area contributed by atoms with E-state index in [-0.39, 0.29) is 12.2 Å². The van der Waals surface area contributed by atoms with Gasteiger partial charge in [0, 0.05) is 32.7 Å². The van der Waals surface area contributed by atoms with Crippen LogP contribution in [0.25, 0.3) is 0 Å². The van der Waals surface area contributed by atoms with E-state index in [9.17, 15) is 14.4 Å². The summed E-state index contributed by atoms with van der Waals surface area (Å²) in [5.74, 6) is 0. The molecule has 2 N–H and O–H groups in total. The maximum Gasteiger partial charge on any atom is 0.410 e. The highest BCUT2D eigenvalue weighted by Crippen LogP contribution is 2.13. The number of carbonyl (C=O) groups is 3. The van der Waals surface area contributed by atoms with E-state index in [1.54, 1.807) is 9.80 Å². The summed E-state index contributed by atoms with van der Waals surface area (Å²) in [6.07, 6.45) is 2.71. The number of carbonyl (C=O) groups excluding carboxylic acids is 3. The Labute approximate surface area is 231 Å². The second kappa shape index (κ2) is 17.4. The monoisotopic (exact) mass is 544 g/mol. The van der Waals surface area contributed by atoms with Crippen LogP contribution in [0.4, 0.5) is 14.4 Å². The molecule has 0 atom stereocenters. The first-order valence-corrected chi connectivity index (χ1v) is 14.1. The number of unbranched alkanes of at least 4 members (excludes halogenated alkanes) is 1. The third kappa shape index (κ3) is 20.8. The Morgan fingerprint density at radius 2 is 0.974 bits per heavy atom. The molecule has 0 unspecified atom stereocenters. The fourth-order valence-electron chi connectivity index (χ4n) is 3.32. The molecule has 0 spiro atoms. The molecule has 10 nitrogen and oxygen atoms in total. The van der Waals surface area contributed by atoms with Crippen LogP contribution in [0, 0.1) is 0 Å². The minimum atomic E-state index is -0.608. The minimum absolute atomic E-state index is 0.315. The van der Waals surface area contributed by atoms with Gasteiger partial charge >= 0.3 is 18.3 Å². The highest BCUT2D eigenvalue weighted by molar-refractivity contribution is 5.69. The van der Waals surface area contributed by atoms with Gasteiger partial charge in [-0.25, -0.2) is 14.4 Å². The van der Waals surface area contributed by atoms with Gasteiger partial charge in [-0.3, -0.25) is 0 Å². The minimum Gasteiger partial charge on any atom is -0.444 e. The van der Waals surface area contributed by atoms with Crippen molar-refractivity contribution in [3.8, 4) is 0 Å². The normalized spacial score (nSPS) is 12.1. The summed E-state index contributed by atoms with van der Waals surface area (Å²) in [5, 5.41) is 6.09. The fourth-order valence-corrected chi connectivity index (χ4v) is 3.32. The van der Waals surface area contributed by atoms with E-state index in [1.165, 1.54) is 0 Å². The van der Waals surface area contributed by atoms with E-state index < -0.39 is 22.9 Å². The van der Waals surface area contributed by atoms with Gasteiger partial charge in [0.15, 0.2) is 0 Å². The maximum atomic E-state index is 12.8. The van der Waals surface area contributed by atoms with Gasteiger partial charge in [-0.1, -0.05) is 6.92 Å². The van der Waals surface area contributed by atoms with Gasteiger partial charge in [0.1, 0.15) is 16.8 Å². The van der Waals surface area contributed by atoms with Crippen LogP contribution in [0.2, 0.25) is 0 Å². The van der Waals surface area contributed by atoms with E-state index in [0.717, 1.165) is 32.4 Å². The Hall–Kier alpha value is -2.23. The highest BCUT2D eigenvalue weighted by Gasteiger charge is 2.24. The first-order chi connectivity index (χ1) is 17.4. The number of rotatable bonds is 15. The van der Waals surface area contributed by atoms with Gasteiger partial charge in [-0.15, -0.1) is 0 Å². The molecular weight excluding hydrogens is 488 g/mol. The molecule has 0 aromatic heterocycles. The molecule has 0 radical (unpaired) electrons. The number of hydrogen-bond acceptors (Lipinski definition) is 7. The Bertz CT molecular complexity index is 695. The van der Waals surface area contributed by atoms with Crippen LogP contribution in [0.15, 0.2) is 0 Å². The number of alkyl carbamates (subject to hydrolysis) is 1. The zero-order valence-electron chi connectivity index (χ0n) is 25.8. The van der Waals surface area contributed by atoms with E-state index in [4.69, 9.17) is 14.2 Å². The maximum absolute atomic E-state index is 12.8. The van der Waals surface area contributed by atoms with Crippen molar-refractivity contribution in [1.29, 1.82) is 0 Å². The summed E-state index contributed by atoms with van der Waals surface area (Å²) >= 11 is 0. The summed E-state index contributed by atoms with van der Waals surface area (Å²) < 4.78 is 16.4. The van der Waals surface area contributed by atoms with Crippen LogP contribution < -0.4 is 10.6 Å². The van der Waals surface area contributed by atoms with E-state index in [1.807, 2.05) is 62.3 Å². The van der Waals surface area contributed by atoms with E-state index in [2.05, 4.69) is 17.6 Å². The quantitative estimate of drug-likeness (QED) is 0.206.